The summed E-state index contributed by atoms with van der Waals surface area (Å²) >= 11 is 1.60. The summed E-state index contributed by atoms with van der Waals surface area (Å²) in [6, 6.07) is 18.0. The second-order valence-corrected chi connectivity index (χ2v) is 7.88. The van der Waals surface area contributed by atoms with Gasteiger partial charge in [0.1, 0.15) is 0 Å². The van der Waals surface area contributed by atoms with Crippen LogP contribution in [-0.2, 0) is 12.8 Å². The zero-order valence-corrected chi connectivity index (χ0v) is 16.1. The van der Waals surface area contributed by atoms with E-state index in [2.05, 4.69) is 16.0 Å². The van der Waals surface area contributed by atoms with E-state index in [4.69, 9.17) is 0 Å². The Morgan fingerprint density at radius 2 is 1.36 bits per heavy atom. The van der Waals surface area contributed by atoms with E-state index in [0.717, 1.165) is 23.4 Å². The molecule has 4 rings (SSSR count). The highest BCUT2D eigenvalue weighted by Gasteiger charge is 2.17. The molecule has 0 saturated carbocycles. The van der Waals surface area contributed by atoms with Crippen LogP contribution < -0.4 is 16.0 Å². The van der Waals surface area contributed by atoms with Crippen molar-refractivity contribution in [1.29, 1.82) is 0 Å². The van der Waals surface area contributed by atoms with E-state index in [-0.39, 0.29) is 11.9 Å². The molecular formula is C22H21N3O2S. The number of benzene rings is 2. The minimum absolute atomic E-state index is 0.0815. The number of nitrogens with one attached hydrogen (secondary N) is 3. The molecule has 0 spiro atoms. The zero-order chi connectivity index (χ0) is 19.3. The first-order chi connectivity index (χ1) is 13.7. The molecule has 0 atom stereocenters. The molecule has 3 amide bonds. The van der Waals surface area contributed by atoms with Gasteiger partial charge < -0.3 is 16.0 Å². The number of fused-ring (bicyclic) bond motifs is 1. The Morgan fingerprint density at radius 1 is 0.750 bits per heavy atom. The van der Waals surface area contributed by atoms with Gasteiger partial charge in [0.25, 0.3) is 5.91 Å². The number of anilines is 3. The number of para-hydroxylation sites is 1. The average Bonchev–Trinajstić information content (AvgIpc) is 3.15. The maximum atomic E-state index is 12.5. The molecule has 2 aromatic carbocycles. The van der Waals surface area contributed by atoms with Crippen molar-refractivity contribution in [3.63, 3.8) is 0 Å². The lowest BCUT2D eigenvalue weighted by atomic mass is 9.99. The van der Waals surface area contributed by atoms with E-state index >= 15 is 0 Å². The van der Waals surface area contributed by atoms with Crippen LogP contribution in [0.1, 0.15) is 33.0 Å². The van der Waals surface area contributed by atoms with Gasteiger partial charge in [0.2, 0.25) is 0 Å². The van der Waals surface area contributed by atoms with E-state index in [1.807, 2.05) is 36.4 Å². The highest BCUT2D eigenvalue weighted by Crippen LogP contribution is 2.30. The van der Waals surface area contributed by atoms with Gasteiger partial charge in [-0.25, -0.2) is 4.79 Å². The second-order valence-electron chi connectivity index (χ2n) is 6.74. The fraction of sp³-hybridized carbons (Fsp3) is 0.182. The maximum absolute atomic E-state index is 12.5. The van der Waals surface area contributed by atoms with Gasteiger partial charge >= 0.3 is 6.03 Å². The SMILES string of the molecule is O=C(Nc1ccccc1)Nc1ccc(NC(=O)c2cc3c(s2)CCCC3)cc1. The number of hydrogen-bond acceptors (Lipinski definition) is 3. The standard InChI is InChI=1S/C22H21N3O2S/c26-21(20-14-15-6-4-5-9-19(15)28-20)23-17-10-12-18(13-11-17)25-22(27)24-16-7-2-1-3-8-16/h1-3,7-8,10-14H,4-6,9H2,(H,23,26)(H2,24,25,27). The Kier molecular flexibility index (Phi) is 5.39. The average molecular weight is 391 g/mol. The summed E-state index contributed by atoms with van der Waals surface area (Å²) in [6.45, 7) is 0. The molecule has 0 aliphatic heterocycles. The molecule has 6 heteroatoms. The topological polar surface area (TPSA) is 70.2 Å². The van der Waals surface area contributed by atoms with Crippen molar-refractivity contribution in [2.75, 3.05) is 16.0 Å². The molecule has 1 heterocycles. The van der Waals surface area contributed by atoms with E-state index in [1.165, 1.54) is 23.3 Å². The van der Waals surface area contributed by atoms with Gasteiger partial charge in [-0.1, -0.05) is 18.2 Å². The molecule has 0 bridgehead atoms. The summed E-state index contributed by atoms with van der Waals surface area (Å²) in [5, 5.41) is 8.47. The highest BCUT2D eigenvalue weighted by atomic mass is 32.1. The van der Waals surface area contributed by atoms with Gasteiger partial charge in [0.15, 0.2) is 0 Å². The molecule has 142 valence electrons. The molecule has 0 unspecified atom stereocenters. The van der Waals surface area contributed by atoms with Gasteiger partial charge in [-0.15, -0.1) is 11.3 Å². The summed E-state index contributed by atoms with van der Waals surface area (Å²) in [6.07, 6.45) is 4.57. The van der Waals surface area contributed by atoms with E-state index in [1.54, 1.807) is 35.6 Å². The van der Waals surface area contributed by atoms with Crippen molar-refractivity contribution >= 4 is 40.3 Å². The number of hydrogen-bond donors (Lipinski definition) is 3. The maximum Gasteiger partial charge on any atom is 0.323 e. The van der Waals surface area contributed by atoms with Crippen LogP contribution >= 0.6 is 11.3 Å². The first kappa shape index (κ1) is 18.3. The lowest BCUT2D eigenvalue weighted by Crippen LogP contribution is -2.19. The number of aryl methyl sites for hydroxylation is 2. The van der Waals surface area contributed by atoms with Crippen LogP contribution in [0.4, 0.5) is 21.9 Å². The number of urea groups is 1. The lowest BCUT2D eigenvalue weighted by molar-refractivity contribution is 0.103. The Hall–Kier alpha value is -3.12. The van der Waals surface area contributed by atoms with Crippen LogP contribution in [0.15, 0.2) is 60.7 Å². The van der Waals surface area contributed by atoms with Crippen LogP contribution in [-0.4, -0.2) is 11.9 Å². The van der Waals surface area contributed by atoms with Crippen LogP contribution in [0.3, 0.4) is 0 Å². The van der Waals surface area contributed by atoms with Gasteiger partial charge in [-0.3, -0.25) is 4.79 Å². The summed E-state index contributed by atoms with van der Waals surface area (Å²) in [5.41, 5.74) is 3.40. The zero-order valence-electron chi connectivity index (χ0n) is 15.3. The van der Waals surface area contributed by atoms with E-state index in [9.17, 15) is 9.59 Å². The molecule has 0 fully saturated rings. The van der Waals surface area contributed by atoms with Gasteiger partial charge in [-0.2, -0.15) is 0 Å². The monoisotopic (exact) mass is 391 g/mol. The van der Waals surface area contributed by atoms with Crippen molar-refractivity contribution in [3.05, 3.63) is 76.0 Å². The van der Waals surface area contributed by atoms with Crippen molar-refractivity contribution in [2.45, 2.75) is 25.7 Å². The Labute approximate surface area is 167 Å². The number of thiophene rings is 1. The Bertz CT molecular complexity index is 957. The normalized spacial score (nSPS) is 12.7. The third-order valence-electron chi connectivity index (χ3n) is 4.65. The third kappa shape index (κ3) is 4.40. The predicted molar refractivity (Wildman–Crippen MR) is 114 cm³/mol. The van der Waals surface area contributed by atoms with Gasteiger partial charge in [0, 0.05) is 21.9 Å². The predicted octanol–water partition coefficient (Wildman–Crippen LogP) is 5.52. The summed E-state index contributed by atoms with van der Waals surface area (Å²) in [5.74, 6) is -0.0815. The number of carbonyl (C=O) groups excluding carboxylic acids is 2. The molecule has 3 aromatic rings. The van der Waals surface area contributed by atoms with Crippen molar-refractivity contribution in [2.24, 2.45) is 0 Å². The summed E-state index contributed by atoms with van der Waals surface area (Å²) in [7, 11) is 0. The number of amides is 3. The minimum Gasteiger partial charge on any atom is -0.321 e. The molecule has 5 nitrogen and oxygen atoms in total. The summed E-state index contributed by atoms with van der Waals surface area (Å²) in [4.78, 5) is 26.7. The van der Waals surface area contributed by atoms with Crippen molar-refractivity contribution < 1.29 is 9.59 Å². The Morgan fingerprint density at radius 3 is 2.04 bits per heavy atom. The quantitative estimate of drug-likeness (QED) is 0.548. The fourth-order valence-electron chi connectivity index (χ4n) is 3.25. The smallest absolute Gasteiger partial charge is 0.321 e. The molecule has 1 aliphatic carbocycles. The van der Waals surface area contributed by atoms with Crippen LogP contribution in [0.25, 0.3) is 0 Å². The highest BCUT2D eigenvalue weighted by molar-refractivity contribution is 7.14. The molecule has 28 heavy (non-hydrogen) atoms. The van der Waals surface area contributed by atoms with Crippen LogP contribution in [0.5, 0.6) is 0 Å². The van der Waals surface area contributed by atoms with Crippen LogP contribution in [0.2, 0.25) is 0 Å². The number of rotatable bonds is 4. The molecule has 3 N–H and O–H groups in total. The third-order valence-corrected chi connectivity index (χ3v) is 5.89. The molecule has 1 aliphatic rings. The first-order valence-corrected chi connectivity index (χ1v) is 10.1. The van der Waals surface area contributed by atoms with Gasteiger partial charge in [0.05, 0.1) is 4.88 Å². The Balaban J connectivity index is 1.34. The molecular weight excluding hydrogens is 370 g/mol. The number of carbonyl (C=O) groups is 2. The minimum atomic E-state index is -0.313. The molecule has 0 radical (unpaired) electrons. The lowest BCUT2D eigenvalue weighted by Gasteiger charge is -2.09. The van der Waals surface area contributed by atoms with E-state index in [0.29, 0.717) is 11.4 Å². The van der Waals surface area contributed by atoms with Crippen LogP contribution in [0, 0.1) is 0 Å². The largest absolute Gasteiger partial charge is 0.323 e. The summed E-state index contributed by atoms with van der Waals surface area (Å²) < 4.78 is 0. The fourth-order valence-corrected chi connectivity index (χ4v) is 4.40. The van der Waals surface area contributed by atoms with Gasteiger partial charge in [-0.05, 0) is 73.7 Å². The van der Waals surface area contributed by atoms with E-state index < -0.39 is 0 Å². The molecule has 0 saturated heterocycles. The molecule has 1 aromatic heterocycles. The van der Waals surface area contributed by atoms with Crippen molar-refractivity contribution in [1.82, 2.24) is 0 Å². The van der Waals surface area contributed by atoms with Crippen molar-refractivity contribution in [3.8, 4) is 0 Å². The first-order valence-electron chi connectivity index (χ1n) is 9.33. The second kappa shape index (κ2) is 8.27.